The molecule has 1 amide bonds. The molecule has 0 spiro atoms. The predicted molar refractivity (Wildman–Crippen MR) is 134 cm³/mol. The van der Waals surface area contributed by atoms with Gasteiger partial charge in [0.1, 0.15) is 11.7 Å². The average molecular weight is 467 g/mol. The van der Waals surface area contributed by atoms with Crippen molar-refractivity contribution >= 4 is 40.9 Å². The highest BCUT2D eigenvalue weighted by atomic mass is 35.5. The van der Waals surface area contributed by atoms with Gasteiger partial charge in [0.05, 0.1) is 23.0 Å². The number of carbonyl (C=O) groups excluding carboxylic acids is 1. The van der Waals surface area contributed by atoms with E-state index in [0.717, 1.165) is 72.4 Å². The average Bonchev–Trinajstić information content (AvgIpc) is 3.50. The highest BCUT2D eigenvalue weighted by Gasteiger charge is 2.53. The summed E-state index contributed by atoms with van der Waals surface area (Å²) >= 11 is 0. The van der Waals surface area contributed by atoms with Crippen LogP contribution in [0.4, 0.5) is 5.69 Å². The van der Waals surface area contributed by atoms with Crippen molar-refractivity contribution in [2.45, 2.75) is 51.0 Å². The first kappa shape index (κ1) is 23.1. The second kappa shape index (κ2) is 9.06. The summed E-state index contributed by atoms with van der Waals surface area (Å²) in [6.07, 6.45) is 5.33. The van der Waals surface area contributed by atoms with Crippen LogP contribution in [0, 0.1) is 12.3 Å². The number of piperidine rings is 1. The van der Waals surface area contributed by atoms with Crippen LogP contribution in [0.15, 0.2) is 36.4 Å². The van der Waals surface area contributed by atoms with Gasteiger partial charge in [0.25, 0.3) is 0 Å². The number of nitrogen functional groups attached to an aromatic ring is 1. The molecule has 2 fully saturated rings. The monoisotopic (exact) mass is 466 g/mol. The number of nitrogens with zero attached hydrogens (tertiary/aromatic N) is 2. The molecular weight excluding hydrogens is 436 g/mol. The number of fused-ring (bicyclic) bond motifs is 1. The Balaban J connectivity index is 0.00000259. The molecule has 1 saturated heterocycles. The van der Waals surface area contributed by atoms with Gasteiger partial charge in [-0.1, -0.05) is 6.07 Å². The highest BCUT2D eigenvalue weighted by Crippen LogP contribution is 2.51. The van der Waals surface area contributed by atoms with E-state index in [4.69, 9.17) is 16.1 Å². The van der Waals surface area contributed by atoms with Crippen molar-refractivity contribution in [3.8, 4) is 0 Å². The molecule has 1 aliphatic heterocycles. The van der Waals surface area contributed by atoms with Crippen molar-refractivity contribution in [1.82, 2.24) is 14.9 Å². The number of H-pyrrole nitrogens is 1. The zero-order valence-electron chi connectivity index (χ0n) is 18.9. The molecule has 174 valence electrons. The number of amides is 1. The maximum absolute atomic E-state index is 13.4. The Morgan fingerprint density at radius 1 is 1.15 bits per heavy atom. The number of aryl methyl sites for hydroxylation is 1. The van der Waals surface area contributed by atoms with Gasteiger partial charge >= 0.3 is 0 Å². The first-order valence-corrected chi connectivity index (χ1v) is 11.4. The Bertz CT molecular complexity index is 1180. The molecule has 8 heteroatoms. The SMILES string of the molecule is Cc1c(C2(C(=O)N3CCCCC3)CC2)ccc2[nH]c(CNc3ccc(C(=N)N)cc3)nc12.Cl. The fraction of sp³-hybridized carbons (Fsp3) is 0.400. The standard InChI is InChI=1S/C25H30N6O.ClH/c1-16-19(25(11-12-25)24(32)31-13-3-2-4-14-31)9-10-20-22(16)30-21(29-20)15-28-18-7-5-17(6-8-18)23(26)27;/h5-10,28H,2-4,11-15H2,1H3,(H3,26,27)(H,29,30);1H. The zero-order valence-corrected chi connectivity index (χ0v) is 19.7. The number of nitrogens with one attached hydrogen (secondary N) is 3. The van der Waals surface area contributed by atoms with Gasteiger partial charge in [-0.3, -0.25) is 10.2 Å². The van der Waals surface area contributed by atoms with Crippen LogP contribution in [0.1, 0.15) is 54.6 Å². The van der Waals surface area contributed by atoms with E-state index in [1.807, 2.05) is 24.3 Å². The smallest absolute Gasteiger partial charge is 0.233 e. The molecule has 2 heterocycles. The lowest BCUT2D eigenvalue weighted by Crippen LogP contribution is -2.42. The summed E-state index contributed by atoms with van der Waals surface area (Å²) in [5.74, 6) is 1.22. The molecule has 0 atom stereocenters. The van der Waals surface area contributed by atoms with Crippen molar-refractivity contribution in [3.63, 3.8) is 0 Å². The normalized spacial score (nSPS) is 16.8. The van der Waals surface area contributed by atoms with Crippen molar-refractivity contribution in [3.05, 3.63) is 58.9 Å². The predicted octanol–water partition coefficient (Wildman–Crippen LogP) is 4.23. The third-order valence-electron chi connectivity index (χ3n) is 6.93. The molecule has 0 radical (unpaired) electrons. The molecule has 2 aliphatic rings. The lowest BCUT2D eigenvalue weighted by Gasteiger charge is -2.31. The Hall–Kier alpha value is -3.06. The molecule has 0 bridgehead atoms. The van der Waals surface area contributed by atoms with Gasteiger partial charge in [-0.15, -0.1) is 12.4 Å². The van der Waals surface area contributed by atoms with Crippen LogP contribution >= 0.6 is 12.4 Å². The number of aromatic amines is 1. The molecule has 1 saturated carbocycles. The van der Waals surface area contributed by atoms with Crippen molar-refractivity contribution in [2.75, 3.05) is 18.4 Å². The molecule has 1 aromatic heterocycles. The summed E-state index contributed by atoms with van der Waals surface area (Å²) < 4.78 is 0. The van der Waals surface area contributed by atoms with Crippen molar-refractivity contribution in [1.29, 1.82) is 5.41 Å². The molecule has 33 heavy (non-hydrogen) atoms. The number of rotatable bonds is 6. The number of hydrogen-bond donors (Lipinski definition) is 4. The number of aromatic nitrogens is 2. The van der Waals surface area contributed by atoms with Crippen LogP contribution in [-0.4, -0.2) is 39.7 Å². The summed E-state index contributed by atoms with van der Waals surface area (Å²) in [7, 11) is 0. The third kappa shape index (κ3) is 4.29. The van der Waals surface area contributed by atoms with E-state index in [0.29, 0.717) is 18.0 Å². The van der Waals surface area contributed by atoms with Crippen molar-refractivity contribution < 1.29 is 4.79 Å². The van der Waals surface area contributed by atoms with Crippen LogP contribution in [0.2, 0.25) is 0 Å². The maximum Gasteiger partial charge on any atom is 0.233 e. The fourth-order valence-electron chi connectivity index (χ4n) is 4.94. The van der Waals surface area contributed by atoms with E-state index < -0.39 is 0 Å². The minimum absolute atomic E-state index is 0. The van der Waals surface area contributed by atoms with Gasteiger partial charge in [0, 0.05) is 24.3 Å². The summed E-state index contributed by atoms with van der Waals surface area (Å²) in [4.78, 5) is 23.7. The van der Waals surface area contributed by atoms with Gasteiger partial charge in [0.2, 0.25) is 5.91 Å². The first-order valence-electron chi connectivity index (χ1n) is 11.4. The number of benzene rings is 2. The summed E-state index contributed by atoms with van der Waals surface area (Å²) in [5, 5.41) is 10.9. The Morgan fingerprint density at radius 2 is 1.85 bits per heavy atom. The Morgan fingerprint density at radius 3 is 2.48 bits per heavy atom. The maximum atomic E-state index is 13.4. The zero-order chi connectivity index (χ0) is 22.3. The quantitative estimate of drug-likeness (QED) is 0.321. The lowest BCUT2D eigenvalue weighted by atomic mass is 9.89. The van der Waals surface area contributed by atoms with Gasteiger partial charge in [-0.25, -0.2) is 4.98 Å². The fourth-order valence-corrected chi connectivity index (χ4v) is 4.94. The minimum atomic E-state index is -0.342. The van der Waals surface area contributed by atoms with Crippen LogP contribution in [0.3, 0.4) is 0 Å². The second-order valence-electron chi connectivity index (χ2n) is 9.10. The molecular formula is C25H31ClN6O. The molecule has 5 N–H and O–H groups in total. The number of halogens is 1. The van der Waals surface area contributed by atoms with E-state index in [1.54, 1.807) is 0 Å². The number of carbonyl (C=O) groups is 1. The topological polar surface area (TPSA) is 111 Å². The van der Waals surface area contributed by atoms with E-state index >= 15 is 0 Å². The van der Waals surface area contributed by atoms with E-state index in [9.17, 15) is 4.79 Å². The number of nitrogens with two attached hydrogens (primary N) is 1. The second-order valence-corrected chi connectivity index (χ2v) is 9.10. The Kier molecular flexibility index (Phi) is 6.34. The molecule has 5 rings (SSSR count). The van der Waals surface area contributed by atoms with E-state index in [2.05, 4.69) is 34.3 Å². The van der Waals surface area contributed by atoms with Crippen LogP contribution in [0.5, 0.6) is 0 Å². The van der Waals surface area contributed by atoms with Crippen LogP contribution in [-0.2, 0) is 16.8 Å². The summed E-state index contributed by atoms with van der Waals surface area (Å²) in [6, 6.07) is 11.7. The summed E-state index contributed by atoms with van der Waals surface area (Å²) in [5.41, 5.74) is 11.0. The van der Waals surface area contributed by atoms with E-state index in [1.165, 1.54) is 6.42 Å². The summed E-state index contributed by atoms with van der Waals surface area (Å²) in [6.45, 7) is 4.45. The highest BCUT2D eigenvalue weighted by molar-refractivity contribution is 5.95. The number of amidine groups is 1. The number of likely N-dealkylation sites (tertiary alicyclic amines) is 1. The molecule has 2 aromatic carbocycles. The first-order chi connectivity index (χ1) is 15.5. The lowest BCUT2D eigenvalue weighted by molar-refractivity contribution is -0.134. The van der Waals surface area contributed by atoms with E-state index in [-0.39, 0.29) is 23.7 Å². The van der Waals surface area contributed by atoms with Gasteiger partial charge in [0.15, 0.2) is 0 Å². The number of anilines is 1. The third-order valence-corrected chi connectivity index (χ3v) is 6.93. The minimum Gasteiger partial charge on any atom is -0.384 e. The largest absolute Gasteiger partial charge is 0.384 e. The molecule has 0 unspecified atom stereocenters. The van der Waals surface area contributed by atoms with Gasteiger partial charge in [-0.2, -0.15) is 0 Å². The molecule has 1 aliphatic carbocycles. The van der Waals surface area contributed by atoms with Gasteiger partial charge < -0.3 is 20.9 Å². The Labute approximate surface area is 200 Å². The van der Waals surface area contributed by atoms with Crippen molar-refractivity contribution in [2.24, 2.45) is 5.73 Å². The van der Waals surface area contributed by atoms with Gasteiger partial charge in [-0.05, 0) is 80.5 Å². The number of imidazole rings is 1. The molecule has 3 aromatic rings. The number of hydrogen-bond acceptors (Lipinski definition) is 4. The molecule has 7 nitrogen and oxygen atoms in total. The van der Waals surface area contributed by atoms with Crippen LogP contribution < -0.4 is 11.1 Å². The van der Waals surface area contributed by atoms with Crippen LogP contribution in [0.25, 0.3) is 11.0 Å².